The van der Waals surface area contributed by atoms with Crippen molar-refractivity contribution in [3.8, 4) is 0 Å². The first-order chi connectivity index (χ1) is 9.80. The zero-order chi connectivity index (χ0) is 15.6. The minimum atomic E-state index is -3.93. The minimum Gasteiger partial charge on any atom is -0.399 e. The van der Waals surface area contributed by atoms with Gasteiger partial charge in [0.05, 0.1) is 0 Å². The van der Waals surface area contributed by atoms with Gasteiger partial charge >= 0.3 is 0 Å². The molecule has 1 aliphatic rings. The van der Waals surface area contributed by atoms with Crippen molar-refractivity contribution in [2.45, 2.75) is 30.7 Å². The number of rotatable bonds is 3. The summed E-state index contributed by atoms with van der Waals surface area (Å²) in [4.78, 5) is 10.7. The summed E-state index contributed by atoms with van der Waals surface area (Å²) >= 11 is 0. The molecule has 1 unspecified atom stereocenters. The van der Waals surface area contributed by atoms with Crippen LogP contribution in [-0.2, 0) is 14.8 Å². The van der Waals surface area contributed by atoms with E-state index in [9.17, 15) is 17.6 Å². The lowest BCUT2D eigenvalue weighted by atomic mass is 10.1. The molecule has 8 heteroatoms. The highest BCUT2D eigenvalue weighted by Gasteiger charge is 2.32. The van der Waals surface area contributed by atoms with Crippen LogP contribution in [0.15, 0.2) is 23.1 Å². The molecule has 0 aromatic heterocycles. The largest absolute Gasteiger partial charge is 0.399 e. The topological polar surface area (TPSA) is 92.5 Å². The molecule has 0 aliphatic carbocycles. The van der Waals surface area contributed by atoms with Gasteiger partial charge in [0.2, 0.25) is 15.9 Å². The summed E-state index contributed by atoms with van der Waals surface area (Å²) in [5.41, 5.74) is 5.60. The van der Waals surface area contributed by atoms with Crippen LogP contribution in [-0.4, -0.2) is 37.8 Å². The predicted octanol–water partition coefficient (Wildman–Crippen LogP) is 0.697. The van der Waals surface area contributed by atoms with Crippen LogP contribution in [0.1, 0.15) is 19.8 Å². The first kappa shape index (κ1) is 15.7. The third-order valence-corrected chi connectivity index (χ3v) is 5.26. The molecule has 116 valence electrons. The van der Waals surface area contributed by atoms with Crippen LogP contribution < -0.4 is 11.1 Å². The van der Waals surface area contributed by atoms with Gasteiger partial charge in [-0.1, -0.05) is 0 Å². The number of anilines is 1. The molecule has 1 atom stereocenters. The Labute approximate surface area is 123 Å². The Balaban J connectivity index is 2.24. The third-order valence-electron chi connectivity index (χ3n) is 3.37. The molecule has 3 N–H and O–H groups in total. The van der Waals surface area contributed by atoms with Gasteiger partial charge in [-0.2, -0.15) is 4.31 Å². The van der Waals surface area contributed by atoms with Crippen molar-refractivity contribution < 1.29 is 17.6 Å². The van der Waals surface area contributed by atoms with Crippen molar-refractivity contribution in [2.24, 2.45) is 0 Å². The number of sulfonamides is 1. The van der Waals surface area contributed by atoms with Crippen molar-refractivity contribution in [1.29, 1.82) is 0 Å². The number of nitrogen functional groups attached to an aromatic ring is 1. The van der Waals surface area contributed by atoms with Gasteiger partial charge in [0.1, 0.15) is 10.7 Å². The van der Waals surface area contributed by atoms with Crippen LogP contribution >= 0.6 is 0 Å². The SMILES string of the molecule is CC(=O)NC1CCCN(S(=O)(=O)c2ccc(N)cc2F)C1. The van der Waals surface area contributed by atoms with Crippen molar-refractivity contribution in [3.63, 3.8) is 0 Å². The molecule has 1 aromatic rings. The first-order valence-corrected chi connectivity index (χ1v) is 8.07. The zero-order valence-electron chi connectivity index (χ0n) is 11.7. The zero-order valence-corrected chi connectivity index (χ0v) is 12.5. The molecule has 1 aliphatic heterocycles. The van der Waals surface area contributed by atoms with Crippen LogP contribution in [0.4, 0.5) is 10.1 Å². The Morgan fingerprint density at radius 3 is 2.81 bits per heavy atom. The Morgan fingerprint density at radius 2 is 2.19 bits per heavy atom. The van der Waals surface area contributed by atoms with Gasteiger partial charge in [-0.25, -0.2) is 12.8 Å². The summed E-state index contributed by atoms with van der Waals surface area (Å²) in [6.45, 7) is 1.83. The minimum absolute atomic E-state index is 0.145. The lowest BCUT2D eigenvalue weighted by Crippen LogP contribution is -2.49. The van der Waals surface area contributed by atoms with E-state index in [4.69, 9.17) is 5.73 Å². The molecule has 0 spiro atoms. The number of halogens is 1. The van der Waals surface area contributed by atoms with Gasteiger partial charge < -0.3 is 11.1 Å². The van der Waals surface area contributed by atoms with E-state index in [-0.39, 0.29) is 29.1 Å². The third kappa shape index (κ3) is 3.51. The lowest BCUT2D eigenvalue weighted by molar-refractivity contribution is -0.119. The van der Waals surface area contributed by atoms with Crippen LogP contribution in [0.25, 0.3) is 0 Å². The molecule has 1 heterocycles. The second-order valence-electron chi connectivity index (χ2n) is 5.09. The standard InChI is InChI=1S/C13H18FN3O3S/c1-9(18)16-11-3-2-6-17(8-11)21(19,20)13-5-4-10(15)7-12(13)14/h4-5,7,11H,2-3,6,8,15H2,1H3,(H,16,18). The quantitative estimate of drug-likeness (QED) is 0.803. The van der Waals surface area contributed by atoms with E-state index in [0.717, 1.165) is 6.07 Å². The number of hydrogen-bond acceptors (Lipinski definition) is 4. The maximum Gasteiger partial charge on any atom is 0.246 e. The number of carbonyl (C=O) groups excluding carboxylic acids is 1. The van der Waals surface area contributed by atoms with E-state index in [1.807, 2.05) is 0 Å². The molecule has 2 rings (SSSR count). The van der Waals surface area contributed by atoms with Gasteiger partial charge in [-0.3, -0.25) is 4.79 Å². The van der Waals surface area contributed by atoms with Gasteiger partial charge in [0.25, 0.3) is 0 Å². The van der Waals surface area contributed by atoms with Gasteiger partial charge in [0, 0.05) is 31.7 Å². The van der Waals surface area contributed by atoms with Crippen LogP contribution in [0.5, 0.6) is 0 Å². The molecule has 1 amide bonds. The van der Waals surface area contributed by atoms with Crippen LogP contribution in [0, 0.1) is 5.82 Å². The van der Waals surface area contributed by atoms with Gasteiger partial charge in [-0.15, -0.1) is 0 Å². The van der Waals surface area contributed by atoms with Crippen LogP contribution in [0.2, 0.25) is 0 Å². The Morgan fingerprint density at radius 1 is 1.48 bits per heavy atom. The highest BCUT2D eigenvalue weighted by molar-refractivity contribution is 7.89. The van der Waals surface area contributed by atoms with Crippen LogP contribution in [0.3, 0.4) is 0 Å². The number of hydrogen-bond donors (Lipinski definition) is 2. The molecule has 1 saturated heterocycles. The average molecular weight is 315 g/mol. The summed E-state index contributed by atoms with van der Waals surface area (Å²) in [6, 6.07) is 3.26. The number of nitrogens with one attached hydrogen (secondary N) is 1. The van der Waals surface area contributed by atoms with E-state index in [1.165, 1.54) is 23.4 Å². The van der Waals surface area contributed by atoms with E-state index in [2.05, 4.69) is 5.32 Å². The maximum atomic E-state index is 13.9. The normalized spacial score (nSPS) is 20.2. The van der Waals surface area contributed by atoms with E-state index in [0.29, 0.717) is 19.4 Å². The fraction of sp³-hybridized carbons (Fsp3) is 0.462. The van der Waals surface area contributed by atoms with Crippen molar-refractivity contribution in [1.82, 2.24) is 9.62 Å². The Hall–Kier alpha value is -1.67. The fourth-order valence-corrected chi connectivity index (χ4v) is 4.00. The van der Waals surface area contributed by atoms with Crippen molar-refractivity contribution >= 4 is 21.6 Å². The number of nitrogens with two attached hydrogens (primary N) is 1. The van der Waals surface area contributed by atoms with E-state index >= 15 is 0 Å². The molecule has 1 fully saturated rings. The van der Waals surface area contributed by atoms with Gasteiger partial charge in [-0.05, 0) is 31.0 Å². The molecular formula is C13H18FN3O3S. The smallest absolute Gasteiger partial charge is 0.246 e. The lowest BCUT2D eigenvalue weighted by Gasteiger charge is -2.32. The molecule has 0 bridgehead atoms. The number of nitrogens with zero attached hydrogens (tertiary/aromatic N) is 1. The highest BCUT2D eigenvalue weighted by atomic mass is 32.2. The highest BCUT2D eigenvalue weighted by Crippen LogP contribution is 2.24. The predicted molar refractivity (Wildman–Crippen MR) is 76.4 cm³/mol. The molecule has 0 saturated carbocycles. The molecule has 0 radical (unpaired) electrons. The molecular weight excluding hydrogens is 297 g/mol. The monoisotopic (exact) mass is 315 g/mol. The number of piperidine rings is 1. The first-order valence-electron chi connectivity index (χ1n) is 6.63. The second kappa shape index (κ2) is 5.98. The Bertz CT molecular complexity index is 648. The summed E-state index contributed by atoms with van der Waals surface area (Å²) in [5.74, 6) is -1.07. The van der Waals surface area contributed by atoms with E-state index in [1.54, 1.807) is 0 Å². The molecule has 6 nitrogen and oxygen atoms in total. The maximum absolute atomic E-state index is 13.9. The van der Waals surface area contributed by atoms with Crippen molar-refractivity contribution in [2.75, 3.05) is 18.8 Å². The summed E-state index contributed by atoms with van der Waals surface area (Å²) in [6.07, 6.45) is 1.32. The van der Waals surface area contributed by atoms with E-state index < -0.39 is 15.8 Å². The summed E-state index contributed by atoms with van der Waals surface area (Å²) in [5, 5.41) is 2.70. The summed E-state index contributed by atoms with van der Waals surface area (Å²) in [7, 11) is -3.93. The molecule has 21 heavy (non-hydrogen) atoms. The molecule has 1 aromatic carbocycles. The second-order valence-corrected chi connectivity index (χ2v) is 7.00. The Kier molecular flexibility index (Phi) is 4.48. The number of benzene rings is 1. The van der Waals surface area contributed by atoms with Gasteiger partial charge in [0.15, 0.2) is 0 Å². The summed E-state index contributed by atoms with van der Waals surface area (Å²) < 4.78 is 40.0. The number of amides is 1. The van der Waals surface area contributed by atoms with Crippen molar-refractivity contribution in [3.05, 3.63) is 24.0 Å². The fourth-order valence-electron chi connectivity index (χ4n) is 2.43. The number of carbonyl (C=O) groups is 1. The average Bonchev–Trinajstić information content (AvgIpc) is 2.37.